The first-order valence-electron chi connectivity index (χ1n) is 8.18. The molecular formula is C20H24O5. The molecule has 2 rings (SSSR count). The van der Waals surface area contributed by atoms with Crippen LogP contribution in [-0.4, -0.2) is 36.5 Å². The average Bonchev–Trinajstić information content (AvgIpc) is 2.67. The SMILES string of the molecule is COC(=O)[C@@H](OCc1ccccc1)[C@H](O)[C@H](C)OCc1ccccc1. The number of methoxy groups -OCH3 is 1. The summed E-state index contributed by atoms with van der Waals surface area (Å²) in [6.45, 7) is 2.24. The molecule has 5 heteroatoms. The van der Waals surface area contributed by atoms with E-state index in [4.69, 9.17) is 14.2 Å². The fourth-order valence-electron chi connectivity index (χ4n) is 2.33. The molecule has 0 spiro atoms. The second-order valence-electron chi connectivity index (χ2n) is 5.73. The van der Waals surface area contributed by atoms with Crippen LogP contribution >= 0.6 is 0 Å². The van der Waals surface area contributed by atoms with Gasteiger partial charge in [0.2, 0.25) is 0 Å². The third-order valence-corrected chi connectivity index (χ3v) is 3.85. The lowest BCUT2D eigenvalue weighted by atomic mass is 10.1. The predicted molar refractivity (Wildman–Crippen MR) is 93.7 cm³/mol. The van der Waals surface area contributed by atoms with E-state index >= 15 is 0 Å². The van der Waals surface area contributed by atoms with Gasteiger partial charge in [0.25, 0.3) is 0 Å². The lowest BCUT2D eigenvalue weighted by Gasteiger charge is -2.26. The highest BCUT2D eigenvalue weighted by Crippen LogP contribution is 2.14. The third-order valence-electron chi connectivity index (χ3n) is 3.85. The summed E-state index contributed by atoms with van der Waals surface area (Å²) in [5.41, 5.74) is 1.89. The second-order valence-corrected chi connectivity index (χ2v) is 5.73. The van der Waals surface area contributed by atoms with E-state index in [2.05, 4.69) is 0 Å². The summed E-state index contributed by atoms with van der Waals surface area (Å²) in [7, 11) is 1.27. The Morgan fingerprint density at radius 2 is 1.40 bits per heavy atom. The molecular weight excluding hydrogens is 320 g/mol. The maximum absolute atomic E-state index is 12.0. The summed E-state index contributed by atoms with van der Waals surface area (Å²) in [5, 5.41) is 10.5. The van der Waals surface area contributed by atoms with Gasteiger partial charge >= 0.3 is 5.97 Å². The Morgan fingerprint density at radius 3 is 1.88 bits per heavy atom. The van der Waals surface area contributed by atoms with E-state index in [0.29, 0.717) is 6.61 Å². The van der Waals surface area contributed by atoms with Crippen molar-refractivity contribution in [3.8, 4) is 0 Å². The quantitative estimate of drug-likeness (QED) is 0.709. The molecule has 0 aliphatic carbocycles. The van der Waals surface area contributed by atoms with Crippen molar-refractivity contribution < 1.29 is 24.1 Å². The third kappa shape index (κ3) is 5.98. The van der Waals surface area contributed by atoms with Gasteiger partial charge in [-0.2, -0.15) is 0 Å². The van der Waals surface area contributed by atoms with Crippen molar-refractivity contribution in [2.75, 3.05) is 7.11 Å². The Morgan fingerprint density at radius 1 is 0.920 bits per heavy atom. The van der Waals surface area contributed by atoms with Crippen LogP contribution < -0.4 is 0 Å². The Balaban J connectivity index is 1.94. The van der Waals surface area contributed by atoms with Crippen molar-refractivity contribution >= 4 is 5.97 Å². The van der Waals surface area contributed by atoms with Gasteiger partial charge in [-0.1, -0.05) is 60.7 Å². The molecule has 0 fully saturated rings. The normalized spacial score (nSPS) is 14.5. The molecule has 0 saturated heterocycles. The molecule has 0 heterocycles. The van der Waals surface area contributed by atoms with Crippen LogP contribution in [0.4, 0.5) is 0 Å². The van der Waals surface area contributed by atoms with Crippen molar-refractivity contribution in [3.63, 3.8) is 0 Å². The van der Waals surface area contributed by atoms with Gasteiger partial charge in [-0.15, -0.1) is 0 Å². The Bertz CT molecular complexity index is 629. The fourth-order valence-corrected chi connectivity index (χ4v) is 2.33. The molecule has 1 N–H and O–H groups in total. The molecule has 3 atom stereocenters. The number of aliphatic hydroxyl groups excluding tert-OH is 1. The number of benzene rings is 2. The number of hydrogen-bond donors (Lipinski definition) is 1. The molecule has 0 aliphatic rings. The van der Waals surface area contributed by atoms with E-state index in [1.54, 1.807) is 6.92 Å². The van der Waals surface area contributed by atoms with E-state index < -0.39 is 24.3 Å². The van der Waals surface area contributed by atoms with Gasteiger partial charge in [0.15, 0.2) is 6.10 Å². The molecule has 5 nitrogen and oxygen atoms in total. The zero-order valence-electron chi connectivity index (χ0n) is 14.5. The van der Waals surface area contributed by atoms with Gasteiger partial charge in [0.1, 0.15) is 6.10 Å². The summed E-state index contributed by atoms with van der Waals surface area (Å²) in [6.07, 6.45) is -2.85. The number of hydrogen-bond acceptors (Lipinski definition) is 5. The van der Waals surface area contributed by atoms with Crippen LogP contribution in [0.5, 0.6) is 0 Å². The van der Waals surface area contributed by atoms with Crippen molar-refractivity contribution in [1.29, 1.82) is 0 Å². The van der Waals surface area contributed by atoms with E-state index in [1.807, 2.05) is 60.7 Å². The molecule has 0 saturated carbocycles. The topological polar surface area (TPSA) is 65.0 Å². The Labute approximate surface area is 148 Å². The van der Waals surface area contributed by atoms with Crippen molar-refractivity contribution in [2.24, 2.45) is 0 Å². The van der Waals surface area contributed by atoms with Gasteiger partial charge in [0, 0.05) is 0 Å². The number of rotatable bonds is 9. The first kappa shape index (κ1) is 19.1. The van der Waals surface area contributed by atoms with Gasteiger partial charge in [0.05, 0.1) is 26.4 Å². The minimum absolute atomic E-state index is 0.197. The summed E-state index contributed by atoms with van der Waals surface area (Å²) in [6, 6.07) is 19.1. The lowest BCUT2D eigenvalue weighted by Crippen LogP contribution is -2.44. The standard InChI is InChI=1S/C20H24O5/c1-15(24-13-16-9-5-3-6-10-16)18(21)19(20(22)23-2)25-14-17-11-7-4-8-12-17/h3-12,15,18-19,21H,13-14H2,1-2H3/t15-,18+,19-/m0/s1. The van der Waals surface area contributed by atoms with Crippen LogP contribution in [0, 0.1) is 0 Å². The van der Waals surface area contributed by atoms with Gasteiger partial charge in [-0.25, -0.2) is 4.79 Å². The molecule has 0 aromatic heterocycles. The van der Waals surface area contributed by atoms with Crippen LogP contribution in [-0.2, 0) is 32.2 Å². The Hall–Kier alpha value is -2.21. The summed E-state index contributed by atoms with van der Waals surface area (Å²) < 4.78 is 16.0. The molecule has 2 aromatic rings. The highest BCUT2D eigenvalue weighted by atomic mass is 16.6. The molecule has 0 bridgehead atoms. The molecule has 0 amide bonds. The maximum atomic E-state index is 12.0. The maximum Gasteiger partial charge on any atom is 0.337 e. The zero-order chi connectivity index (χ0) is 18.1. The molecule has 0 unspecified atom stereocenters. The van der Waals surface area contributed by atoms with Gasteiger partial charge in [-0.05, 0) is 18.1 Å². The Kier molecular flexibility index (Phi) is 7.60. The molecule has 0 radical (unpaired) electrons. The molecule has 134 valence electrons. The minimum atomic E-state index is -1.14. The largest absolute Gasteiger partial charge is 0.467 e. The first-order chi connectivity index (χ1) is 12.1. The van der Waals surface area contributed by atoms with E-state index in [0.717, 1.165) is 11.1 Å². The average molecular weight is 344 g/mol. The van der Waals surface area contributed by atoms with Crippen LogP contribution in [0.15, 0.2) is 60.7 Å². The summed E-state index contributed by atoms with van der Waals surface area (Å²) in [5.74, 6) is -0.626. The summed E-state index contributed by atoms with van der Waals surface area (Å²) in [4.78, 5) is 12.0. The van der Waals surface area contributed by atoms with Crippen LogP contribution in [0.1, 0.15) is 18.1 Å². The van der Waals surface area contributed by atoms with Crippen LogP contribution in [0.2, 0.25) is 0 Å². The monoisotopic (exact) mass is 344 g/mol. The van der Waals surface area contributed by atoms with Crippen LogP contribution in [0.25, 0.3) is 0 Å². The number of carbonyl (C=O) groups is 1. The smallest absolute Gasteiger partial charge is 0.337 e. The predicted octanol–water partition coefficient (Wildman–Crippen LogP) is 2.71. The minimum Gasteiger partial charge on any atom is -0.467 e. The van der Waals surface area contributed by atoms with Gasteiger partial charge in [-0.3, -0.25) is 0 Å². The van der Waals surface area contributed by atoms with Crippen molar-refractivity contribution in [3.05, 3.63) is 71.8 Å². The number of ether oxygens (including phenoxy) is 3. The van der Waals surface area contributed by atoms with Crippen molar-refractivity contribution in [1.82, 2.24) is 0 Å². The zero-order valence-corrected chi connectivity index (χ0v) is 14.5. The molecule has 25 heavy (non-hydrogen) atoms. The van der Waals surface area contributed by atoms with Gasteiger partial charge < -0.3 is 19.3 Å². The second kappa shape index (κ2) is 9.93. The number of carbonyl (C=O) groups excluding carboxylic acids is 1. The highest BCUT2D eigenvalue weighted by Gasteiger charge is 2.33. The highest BCUT2D eigenvalue weighted by molar-refractivity contribution is 5.75. The summed E-state index contributed by atoms with van der Waals surface area (Å²) >= 11 is 0. The van der Waals surface area contributed by atoms with E-state index in [9.17, 15) is 9.90 Å². The molecule has 2 aromatic carbocycles. The van der Waals surface area contributed by atoms with Crippen LogP contribution in [0.3, 0.4) is 0 Å². The lowest BCUT2D eigenvalue weighted by molar-refractivity contribution is -0.172. The number of aliphatic hydroxyl groups is 1. The fraction of sp³-hybridized carbons (Fsp3) is 0.350. The van der Waals surface area contributed by atoms with E-state index in [1.165, 1.54) is 7.11 Å². The molecule has 0 aliphatic heterocycles. The first-order valence-corrected chi connectivity index (χ1v) is 8.18. The number of esters is 1. The van der Waals surface area contributed by atoms with E-state index in [-0.39, 0.29) is 6.61 Å². The van der Waals surface area contributed by atoms with Crippen molar-refractivity contribution in [2.45, 2.75) is 38.4 Å².